The van der Waals surface area contributed by atoms with E-state index < -0.39 is 5.97 Å². The average molecular weight is 588 g/mol. The summed E-state index contributed by atoms with van der Waals surface area (Å²) in [6, 6.07) is 19.2. The third kappa shape index (κ3) is 7.75. The second-order valence-corrected chi connectivity index (χ2v) is 10.5. The summed E-state index contributed by atoms with van der Waals surface area (Å²) in [6.07, 6.45) is 2.92. The van der Waals surface area contributed by atoms with Crippen LogP contribution in [0, 0.1) is 11.3 Å². The average Bonchev–Trinajstić information content (AvgIpc) is 3.33. The van der Waals surface area contributed by atoms with Crippen molar-refractivity contribution in [3.8, 4) is 11.8 Å². The molecular weight excluding hydrogens is 554 g/mol. The fourth-order valence-electron chi connectivity index (χ4n) is 4.44. The second kappa shape index (κ2) is 14.8. The highest BCUT2D eigenvalue weighted by molar-refractivity contribution is 7.07. The highest BCUT2D eigenvalue weighted by Crippen LogP contribution is 2.18. The first-order valence-corrected chi connectivity index (χ1v) is 14.4. The first kappa shape index (κ1) is 30.3. The number of carbonyl (C=O) groups excluding carboxylic acids is 2. The number of piperazine rings is 1. The van der Waals surface area contributed by atoms with Crippen LogP contribution in [0.25, 0.3) is 11.8 Å². The maximum atomic E-state index is 12.9. The zero-order valence-corrected chi connectivity index (χ0v) is 24.3. The third-order valence-corrected chi connectivity index (χ3v) is 7.76. The van der Waals surface area contributed by atoms with Crippen molar-refractivity contribution >= 4 is 40.7 Å². The Balaban J connectivity index is 1.37. The van der Waals surface area contributed by atoms with E-state index in [4.69, 9.17) is 9.47 Å². The van der Waals surface area contributed by atoms with E-state index in [1.807, 2.05) is 29.2 Å². The van der Waals surface area contributed by atoms with Gasteiger partial charge >= 0.3 is 5.97 Å². The molecule has 1 amide bonds. The lowest BCUT2D eigenvalue weighted by atomic mass is 10.2. The van der Waals surface area contributed by atoms with E-state index in [0.29, 0.717) is 29.1 Å². The molecule has 1 aliphatic heterocycles. The smallest absolute Gasteiger partial charge is 0.352 e. The maximum absolute atomic E-state index is 12.9. The summed E-state index contributed by atoms with van der Waals surface area (Å²) in [5.74, 6) is -0.372. The number of amides is 1. The van der Waals surface area contributed by atoms with Gasteiger partial charge in [0.05, 0.1) is 0 Å². The number of nitrogens with zero attached hydrogens (tertiary/aromatic N) is 4. The Morgan fingerprint density at radius 1 is 1.12 bits per heavy atom. The molecule has 0 radical (unpaired) electrons. The quantitative estimate of drug-likeness (QED) is 0.267. The number of aromatic nitrogens is 1. The standard InChI is InChI=1S/C31H33N5O5S/c1-3-17-40-31(39)26(19-32)30-36(4-2)29(38)27(42-30)20-33-24-11-8-12-25(18-24)41-22-28(37)35-15-13-34(14-16-35)21-23-9-6-5-7-10-23/h3,5-12,18,20,33H,1,4,13-17,21-22H2,2H3. The minimum atomic E-state index is -0.811. The Hall–Kier alpha value is -4.66. The van der Waals surface area contributed by atoms with Gasteiger partial charge in [-0.3, -0.25) is 19.1 Å². The normalized spacial score (nSPS) is 14.6. The highest BCUT2D eigenvalue weighted by atomic mass is 32.1. The van der Waals surface area contributed by atoms with Crippen molar-refractivity contribution in [2.24, 2.45) is 0 Å². The summed E-state index contributed by atoms with van der Waals surface area (Å²) in [6.45, 7) is 9.21. The summed E-state index contributed by atoms with van der Waals surface area (Å²) in [5, 5.41) is 12.6. The van der Waals surface area contributed by atoms with Crippen LogP contribution in [-0.2, 0) is 27.4 Å². The lowest BCUT2D eigenvalue weighted by molar-refractivity contribution is -0.136. The minimum Gasteiger partial charge on any atom is -0.484 e. The summed E-state index contributed by atoms with van der Waals surface area (Å²) >= 11 is 1.02. The number of ether oxygens (including phenoxy) is 2. The van der Waals surface area contributed by atoms with Crippen molar-refractivity contribution in [2.45, 2.75) is 20.0 Å². The molecule has 1 fully saturated rings. The Kier molecular flexibility index (Phi) is 10.7. The van der Waals surface area contributed by atoms with Crippen LogP contribution in [0.15, 0.2) is 72.0 Å². The van der Waals surface area contributed by atoms with Crippen LogP contribution in [-0.4, -0.2) is 65.6 Å². The van der Waals surface area contributed by atoms with Crippen molar-refractivity contribution < 1.29 is 19.1 Å². The molecule has 218 valence electrons. The van der Waals surface area contributed by atoms with Gasteiger partial charge < -0.3 is 19.7 Å². The van der Waals surface area contributed by atoms with Gasteiger partial charge in [-0.15, -0.1) is 11.3 Å². The number of benzene rings is 2. The predicted molar refractivity (Wildman–Crippen MR) is 162 cm³/mol. The van der Waals surface area contributed by atoms with Crippen LogP contribution in [0.3, 0.4) is 0 Å². The molecule has 2 aromatic carbocycles. The topological polar surface area (TPSA) is 117 Å². The van der Waals surface area contributed by atoms with E-state index in [-0.39, 0.29) is 41.5 Å². The van der Waals surface area contributed by atoms with Crippen LogP contribution in [0.2, 0.25) is 0 Å². The molecule has 42 heavy (non-hydrogen) atoms. The predicted octanol–water partition coefficient (Wildman–Crippen LogP) is 1.91. The van der Waals surface area contributed by atoms with Crippen LogP contribution in [0.4, 0.5) is 5.69 Å². The first-order chi connectivity index (χ1) is 20.4. The number of rotatable bonds is 11. The van der Waals surface area contributed by atoms with Crippen molar-refractivity contribution in [3.05, 3.63) is 92.4 Å². The summed E-state index contributed by atoms with van der Waals surface area (Å²) in [5.41, 5.74) is 1.33. The van der Waals surface area contributed by atoms with Gasteiger partial charge in [-0.05, 0) is 24.6 Å². The van der Waals surface area contributed by atoms with Gasteiger partial charge in [-0.2, -0.15) is 5.26 Å². The van der Waals surface area contributed by atoms with Crippen LogP contribution >= 0.6 is 11.3 Å². The third-order valence-electron chi connectivity index (χ3n) is 6.63. The number of anilines is 1. The number of hydrogen-bond donors (Lipinski definition) is 1. The number of thiazole rings is 1. The summed E-state index contributed by atoms with van der Waals surface area (Å²) in [4.78, 5) is 42.2. The van der Waals surface area contributed by atoms with Gasteiger partial charge in [0.2, 0.25) is 0 Å². The molecule has 2 heterocycles. The van der Waals surface area contributed by atoms with Crippen molar-refractivity contribution in [1.29, 1.82) is 5.26 Å². The molecule has 1 saturated heterocycles. The van der Waals surface area contributed by atoms with E-state index in [1.165, 1.54) is 22.4 Å². The minimum absolute atomic E-state index is 0.0400. The second-order valence-electron chi connectivity index (χ2n) is 9.44. The molecule has 0 aliphatic carbocycles. The van der Waals surface area contributed by atoms with E-state index >= 15 is 0 Å². The Morgan fingerprint density at radius 2 is 1.88 bits per heavy atom. The van der Waals surface area contributed by atoms with Crippen molar-refractivity contribution in [1.82, 2.24) is 14.4 Å². The molecule has 0 unspecified atom stereocenters. The summed E-state index contributed by atoms with van der Waals surface area (Å²) in [7, 11) is 0. The molecular formula is C31H33N5O5S. The van der Waals surface area contributed by atoms with Gasteiger partial charge in [0.1, 0.15) is 27.6 Å². The number of carbonyl (C=O) groups is 2. The fraction of sp³-hybridized carbons (Fsp3) is 0.290. The van der Waals surface area contributed by atoms with E-state index in [9.17, 15) is 19.6 Å². The molecule has 1 aromatic heterocycles. The molecule has 0 saturated carbocycles. The molecule has 1 aliphatic rings. The van der Waals surface area contributed by atoms with Crippen molar-refractivity contribution in [2.75, 3.05) is 44.7 Å². The Labute approximate surface area is 248 Å². The molecule has 0 spiro atoms. The SMILES string of the molecule is C=CCOC(=O)C(C#N)=c1sc(=CNc2cccc(OCC(=O)N3CCN(Cc4ccccc4)CC3)c2)c(=O)n1CC. The highest BCUT2D eigenvalue weighted by Gasteiger charge is 2.21. The Bertz CT molecular complexity index is 1630. The first-order valence-electron chi connectivity index (χ1n) is 13.6. The fourth-order valence-corrected chi connectivity index (χ4v) is 5.51. The molecule has 3 aromatic rings. The number of nitriles is 1. The zero-order valence-electron chi connectivity index (χ0n) is 23.5. The molecule has 1 N–H and O–H groups in total. The maximum Gasteiger partial charge on any atom is 0.352 e. The largest absolute Gasteiger partial charge is 0.484 e. The lowest BCUT2D eigenvalue weighted by Crippen LogP contribution is -2.49. The van der Waals surface area contributed by atoms with Crippen LogP contribution in [0.5, 0.6) is 5.75 Å². The van der Waals surface area contributed by atoms with Crippen LogP contribution < -0.4 is 24.8 Å². The van der Waals surface area contributed by atoms with Gasteiger partial charge in [0.15, 0.2) is 12.2 Å². The monoisotopic (exact) mass is 587 g/mol. The van der Waals surface area contributed by atoms with Gasteiger partial charge in [-0.1, -0.05) is 49.1 Å². The summed E-state index contributed by atoms with van der Waals surface area (Å²) < 4.78 is 12.7. The number of hydrogen-bond acceptors (Lipinski definition) is 9. The molecule has 0 atom stereocenters. The van der Waals surface area contributed by atoms with Gasteiger partial charge in [0, 0.05) is 57.2 Å². The molecule has 11 heteroatoms. The molecule has 0 bridgehead atoms. The van der Waals surface area contributed by atoms with Gasteiger partial charge in [-0.25, -0.2) is 4.79 Å². The van der Waals surface area contributed by atoms with Crippen LogP contribution in [0.1, 0.15) is 12.5 Å². The van der Waals surface area contributed by atoms with Crippen molar-refractivity contribution in [3.63, 3.8) is 0 Å². The molecule has 10 nitrogen and oxygen atoms in total. The Morgan fingerprint density at radius 3 is 2.57 bits per heavy atom. The lowest BCUT2D eigenvalue weighted by Gasteiger charge is -2.34. The number of esters is 1. The number of nitrogens with one attached hydrogen (secondary N) is 1. The van der Waals surface area contributed by atoms with Gasteiger partial charge in [0.25, 0.3) is 11.5 Å². The van der Waals surface area contributed by atoms with E-state index in [0.717, 1.165) is 31.0 Å². The molecule has 4 rings (SSSR count). The zero-order chi connectivity index (χ0) is 29.9. The van der Waals surface area contributed by atoms with E-state index in [1.54, 1.807) is 31.2 Å². The van der Waals surface area contributed by atoms with E-state index in [2.05, 4.69) is 28.9 Å².